The van der Waals surface area contributed by atoms with Crippen LogP contribution < -0.4 is 5.73 Å². The maximum atomic E-state index is 5.84. The minimum atomic E-state index is 0.773. The summed E-state index contributed by atoms with van der Waals surface area (Å²) >= 11 is 3.39. The molecule has 3 heteroatoms. The summed E-state index contributed by atoms with van der Waals surface area (Å²) in [5.74, 6) is 0. The Hall–Kier alpha value is -1.06. The first kappa shape index (κ1) is 13.0. The molecular weight excluding hydrogens is 264 g/mol. The highest BCUT2D eigenvalue weighted by Gasteiger charge is 2.03. The van der Waals surface area contributed by atoms with E-state index in [0.29, 0.717) is 0 Å². The molecule has 1 aromatic rings. The average molecular weight is 281 g/mol. The van der Waals surface area contributed by atoms with Gasteiger partial charge in [-0.05, 0) is 33.6 Å². The van der Waals surface area contributed by atoms with Gasteiger partial charge in [-0.25, -0.2) is 0 Å². The van der Waals surface area contributed by atoms with Gasteiger partial charge in [0.1, 0.15) is 0 Å². The van der Waals surface area contributed by atoms with E-state index < -0.39 is 0 Å². The molecule has 0 aliphatic carbocycles. The predicted octanol–water partition coefficient (Wildman–Crippen LogP) is 3.21. The van der Waals surface area contributed by atoms with Crippen LogP contribution in [0.5, 0.6) is 0 Å². The quantitative estimate of drug-likeness (QED) is 0.641. The highest BCUT2D eigenvalue weighted by Crippen LogP contribution is 2.20. The van der Waals surface area contributed by atoms with Gasteiger partial charge in [0.05, 0.1) is 0 Å². The SMILES string of the molecule is C=CCN(CC=C)Cc1ccc(Br)c(N)c1. The lowest BCUT2D eigenvalue weighted by atomic mass is 10.2. The van der Waals surface area contributed by atoms with E-state index >= 15 is 0 Å². The highest BCUT2D eigenvalue weighted by atomic mass is 79.9. The molecular formula is C13H17BrN2. The fourth-order valence-corrected chi connectivity index (χ4v) is 1.77. The van der Waals surface area contributed by atoms with E-state index in [2.05, 4.69) is 40.1 Å². The largest absolute Gasteiger partial charge is 0.398 e. The zero-order chi connectivity index (χ0) is 12.0. The Labute approximate surface area is 106 Å². The first-order valence-electron chi connectivity index (χ1n) is 5.15. The van der Waals surface area contributed by atoms with Gasteiger partial charge >= 0.3 is 0 Å². The molecule has 0 atom stereocenters. The van der Waals surface area contributed by atoms with Gasteiger partial charge in [0.2, 0.25) is 0 Å². The van der Waals surface area contributed by atoms with Gasteiger partial charge in [0.25, 0.3) is 0 Å². The topological polar surface area (TPSA) is 29.3 Å². The van der Waals surface area contributed by atoms with Crippen molar-refractivity contribution in [3.63, 3.8) is 0 Å². The predicted molar refractivity (Wildman–Crippen MR) is 74.2 cm³/mol. The summed E-state index contributed by atoms with van der Waals surface area (Å²) in [4.78, 5) is 2.24. The maximum Gasteiger partial charge on any atom is 0.0461 e. The molecule has 0 saturated heterocycles. The summed E-state index contributed by atoms with van der Waals surface area (Å²) in [6, 6.07) is 6.04. The molecule has 0 radical (unpaired) electrons. The maximum absolute atomic E-state index is 5.84. The molecule has 0 saturated carbocycles. The third kappa shape index (κ3) is 3.83. The molecule has 2 nitrogen and oxygen atoms in total. The van der Waals surface area contributed by atoms with Gasteiger partial charge in [-0.1, -0.05) is 18.2 Å². The molecule has 0 spiro atoms. The van der Waals surface area contributed by atoms with Crippen LogP contribution in [0.2, 0.25) is 0 Å². The number of rotatable bonds is 6. The van der Waals surface area contributed by atoms with Crippen molar-refractivity contribution in [1.82, 2.24) is 4.90 Å². The molecule has 0 aromatic heterocycles. The van der Waals surface area contributed by atoms with E-state index in [9.17, 15) is 0 Å². The molecule has 0 aliphatic rings. The van der Waals surface area contributed by atoms with Gasteiger partial charge in [0.15, 0.2) is 0 Å². The van der Waals surface area contributed by atoms with Crippen LogP contribution >= 0.6 is 15.9 Å². The fourth-order valence-electron chi connectivity index (χ4n) is 1.52. The Morgan fingerprint density at radius 3 is 2.38 bits per heavy atom. The summed E-state index contributed by atoms with van der Waals surface area (Å²) in [6.45, 7) is 10.1. The summed E-state index contributed by atoms with van der Waals surface area (Å²) in [5.41, 5.74) is 7.81. The molecule has 86 valence electrons. The number of hydrogen-bond donors (Lipinski definition) is 1. The van der Waals surface area contributed by atoms with Crippen LogP contribution in [0.1, 0.15) is 5.56 Å². The summed E-state index contributed by atoms with van der Waals surface area (Å²) in [5, 5.41) is 0. The number of nitrogens with two attached hydrogens (primary N) is 1. The van der Waals surface area contributed by atoms with E-state index in [1.165, 1.54) is 5.56 Å². The van der Waals surface area contributed by atoms with Crippen molar-refractivity contribution in [3.8, 4) is 0 Å². The van der Waals surface area contributed by atoms with Crippen molar-refractivity contribution in [2.24, 2.45) is 0 Å². The summed E-state index contributed by atoms with van der Waals surface area (Å²) in [7, 11) is 0. The molecule has 1 rings (SSSR count). The Bertz CT molecular complexity index is 364. The van der Waals surface area contributed by atoms with E-state index in [1.54, 1.807) is 0 Å². The van der Waals surface area contributed by atoms with Crippen LogP contribution in [0.4, 0.5) is 5.69 Å². The average Bonchev–Trinajstić information content (AvgIpc) is 2.24. The van der Waals surface area contributed by atoms with Crippen LogP contribution in [-0.4, -0.2) is 18.0 Å². The first-order chi connectivity index (χ1) is 7.67. The zero-order valence-corrected chi connectivity index (χ0v) is 10.9. The highest BCUT2D eigenvalue weighted by molar-refractivity contribution is 9.10. The molecule has 0 fully saturated rings. The van der Waals surface area contributed by atoms with Crippen LogP contribution in [-0.2, 0) is 6.54 Å². The molecule has 0 heterocycles. The Morgan fingerprint density at radius 2 is 1.88 bits per heavy atom. The number of hydrogen-bond acceptors (Lipinski definition) is 2. The van der Waals surface area contributed by atoms with Crippen molar-refractivity contribution in [2.45, 2.75) is 6.54 Å². The Kier molecular flexibility index (Phi) is 5.29. The lowest BCUT2D eigenvalue weighted by molar-refractivity contribution is 0.328. The number of benzene rings is 1. The van der Waals surface area contributed by atoms with Crippen LogP contribution in [0.3, 0.4) is 0 Å². The van der Waals surface area contributed by atoms with Crippen molar-refractivity contribution < 1.29 is 0 Å². The minimum absolute atomic E-state index is 0.773. The smallest absolute Gasteiger partial charge is 0.0461 e. The summed E-state index contributed by atoms with van der Waals surface area (Å²) in [6.07, 6.45) is 3.79. The second kappa shape index (κ2) is 6.51. The molecule has 0 amide bonds. The van der Waals surface area contributed by atoms with Crippen molar-refractivity contribution in [3.05, 3.63) is 53.5 Å². The fraction of sp³-hybridized carbons (Fsp3) is 0.231. The normalized spacial score (nSPS) is 10.4. The van der Waals surface area contributed by atoms with Crippen molar-refractivity contribution in [2.75, 3.05) is 18.8 Å². The Balaban J connectivity index is 2.72. The minimum Gasteiger partial charge on any atom is -0.398 e. The molecule has 0 aliphatic heterocycles. The standard InChI is InChI=1S/C13H17BrN2/c1-3-7-16(8-4-2)10-11-5-6-12(14)13(15)9-11/h3-6,9H,1-2,7-8,10,15H2. The zero-order valence-electron chi connectivity index (χ0n) is 9.32. The molecule has 0 unspecified atom stereocenters. The van der Waals surface area contributed by atoms with Gasteiger partial charge in [-0.2, -0.15) is 0 Å². The van der Waals surface area contributed by atoms with Gasteiger partial charge in [0, 0.05) is 29.8 Å². The third-order valence-corrected chi connectivity index (χ3v) is 2.96. The Morgan fingerprint density at radius 1 is 1.25 bits per heavy atom. The van der Waals surface area contributed by atoms with E-state index in [1.807, 2.05) is 24.3 Å². The van der Waals surface area contributed by atoms with Crippen molar-refractivity contribution >= 4 is 21.6 Å². The number of nitrogens with zero attached hydrogens (tertiary/aromatic N) is 1. The van der Waals surface area contributed by atoms with Crippen molar-refractivity contribution in [1.29, 1.82) is 0 Å². The molecule has 0 bridgehead atoms. The van der Waals surface area contributed by atoms with E-state index in [0.717, 1.165) is 29.8 Å². The first-order valence-corrected chi connectivity index (χ1v) is 5.94. The van der Waals surface area contributed by atoms with E-state index in [-0.39, 0.29) is 0 Å². The molecule has 2 N–H and O–H groups in total. The second-order valence-corrected chi connectivity index (χ2v) is 4.48. The summed E-state index contributed by atoms with van der Waals surface area (Å²) < 4.78 is 0.940. The number of nitrogen functional groups attached to an aromatic ring is 1. The lowest BCUT2D eigenvalue weighted by Gasteiger charge is -2.19. The second-order valence-electron chi connectivity index (χ2n) is 3.63. The van der Waals surface area contributed by atoms with Crippen LogP contribution in [0.15, 0.2) is 48.0 Å². The van der Waals surface area contributed by atoms with Gasteiger partial charge in [-0.3, -0.25) is 4.90 Å². The lowest BCUT2D eigenvalue weighted by Crippen LogP contribution is -2.23. The van der Waals surface area contributed by atoms with E-state index in [4.69, 9.17) is 5.73 Å². The van der Waals surface area contributed by atoms with Gasteiger partial charge < -0.3 is 5.73 Å². The third-order valence-electron chi connectivity index (χ3n) is 2.24. The number of halogens is 1. The van der Waals surface area contributed by atoms with Crippen LogP contribution in [0.25, 0.3) is 0 Å². The molecule has 16 heavy (non-hydrogen) atoms. The number of anilines is 1. The van der Waals surface area contributed by atoms with Crippen LogP contribution in [0, 0.1) is 0 Å². The monoisotopic (exact) mass is 280 g/mol. The molecule has 1 aromatic carbocycles. The van der Waals surface area contributed by atoms with Gasteiger partial charge in [-0.15, -0.1) is 13.2 Å².